The van der Waals surface area contributed by atoms with Gasteiger partial charge in [-0.15, -0.1) is 0 Å². The number of piperidine rings is 1. The number of nitrogens with zero attached hydrogens (tertiary/aromatic N) is 1. The second kappa shape index (κ2) is 4.15. The molecule has 5 nitrogen and oxygen atoms in total. The number of hydrogen-bond acceptors (Lipinski definition) is 3. The van der Waals surface area contributed by atoms with E-state index in [0.717, 1.165) is 0 Å². The number of carboxylic acid groups (broad SMARTS) is 1. The van der Waals surface area contributed by atoms with Crippen molar-refractivity contribution in [1.29, 1.82) is 0 Å². The lowest BCUT2D eigenvalue weighted by molar-refractivity contribution is -0.178. The third-order valence-electron chi connectivity index (χ3n) is 2.44. The van der Waals surface area contributed by atoms with Gasteiger partial charge in [-0.05, 0) is 6.42 Å². The maximum absolute atomic E-state index is 13.0. The molecule has 2 amide bonds. The van der Waals surface area contributed by atoms with Gasteiger partial charge in [-0.1, -0.05) is 6.92 Å². The van der Waals surface area contributed by atoms with Crippen LogP contribution in [0.4, 0.5) is 8.78 Å². The Kier molecular flexibility index (Phi) is 3.25. The van der Waals surface area contributed by atoms with E-state index in [9.17, 15) is 23.2 Å². The molecule has 1 aliphatic heterocycles. The number of imide groups is 1. The van der Waals surface area contributed by atoms with E-state index in [2.05, 4.69) is 0 Å². The van der Waals surface area contributed by atoms with E-state index >= 15 is 0 Å². The van der Waals surface area contributed by atoms with Crippen LogP contribution in [-0.4, -0.2) is 39.8 Å². The first-order valence-electron chi connectivity index (χ1n) is 4.78. The Balaban J connectivity index is 3.03. The summed E-state index contributed by atoms with van der Waals surface area (Å²) in [5.74, 6) is -7.67. The number of likely N-dealkylation sites (tertiary alicyclic amines) is 1. The standard InChI is InChI=1S/C9H11F2NO4/c1-2-5(7(14)15)12-6(13)3-4-9(10,11)8(12)16/h5H,2-4H2,1H3,(H,14,15). The Morgan fingerprint density at radius 1 is 1.56 bits per heavy atom. The molecular weight excluding hydrogens is 224 g/mol. The third-order valence-corrected chi connectivity index (χ3v) is 2.44. The first-order chi connectivity index (χ1) is 7.31. The lowest BCUT2D eigenvalue weighted by Gasteiger charge is -2.33. The molecule has 0 saturated carbocycles. The average molecular weight is 235 g/mol. The van der Waals surface area contributed by atoms with Crippen molar-refractivity contribution in [3.8, 4) is 0 Å². The van der Waals surface area contributed by atoms with Crippen LogP contribution >= 0.6 is 0 Å². The van der Waals surface area contributed by atoms with E-state index in [0.29, 0.717) is 0 Å². The number of halogens is 2. The van der Waals surface area contributed by atoms with Crippen molar-refractivity contribution in [2.24, 2.45) is 0 Å². The molecule has 0 bridgehead atoms. The topological polar surface area (TPSA) is 74.7 Å². The highest BCUT2D eigenvalue weighted by Crippen LogP contribution is 2.30. The van der Waals surface area contributed by atoms with Gasteiger partial charge in [0.1, 0.15) is 6.04 Å². The van der Waals surface area contributed by atoms with Crippen LogP contribution in [0.15, 0.2) is 0 Å². The lowest BCUT2D eigenvalue weighted by atomic mass is 10.0. The summed E-state index contributed by atoms with van der Waals surface area (Å²) >= 11 is 0. The molecule has 0 aromatic rings. The molecule has 0 aliphatic carbocycles. The third kappa shape index (κ3) is 2.02. The molecule has 0 radical (unpaired) electrons. The fourth-order valence-electron chi connectivity index (χ4n) is 1.56. The van der Waals surface area contributed by atoms with E-state index in [1.165, 1.54) is 6.92 Å². The predicted molar refractivity (Wildman–Crippen MR) is 47.7 cm³/mol. The Labute approximate surface area is 90.0 Å². The Hall–Kier alpha value is -1.53. The summed E-state index contributed by atoms with van der Waals surface area (Å²) in [7, 11) is 0. The molecule has 90 valence electrons. The summed E-state index contributed by atoms with van der Waals surface area (Å²) in [6.07, 6.45) is -1.46. The van der Waals surface area contributed by atoms with Crippen LogP contribution in [0.25, 0.3) is 0 Å². The SMILES string of the molecule is CCC(C(=O)O)N1C(=O)CCC(F)(F)C1=O. The van der Waals surface area contributed by atoms with Gasteiger partial charge in [0.25, 0.3) is 5.91 Å². The van der Waals surface area contributed by atoms with Crippen molar-refractivity contribution in [2.45, 2.75) is 38.2 Å². The average Bonchev–Trinajstić information content (AvgIpc) is 2.19. The monoisotopic (exact) mass is 235 g/mol. The van der Waals surface area contributed by atoms with Gasteiger partial charge in [-0.25, -0.2) is 4.79 Å². The first-order valence-corrected chi connectivity index (χ1v) is 4.78. The lowest BCUT2D eigenvalue weighted by Crippen LogP contribution is -2.57. The fraction of sp³-hybridized carbons (Fsp3) is 0.667. The summed E-state index contributed by atoms with van der Waals surface area (Å²) in [4.78, 5) is 33.5. The summed E-state index contributed by atoms with van der Waals surface area (Å²) in [5.41, 5.74) is 0. The highest BCUT2D eigenvalue weighted by Gasteiger charge is 2.51. The molecule has 0 aromatic heterocycles. The van der Waals surface area contributed by atoms with Crippen LogP contribution in [0.2, 0.25) is 0 Å². The highest BCUT2D eigenvalue weighted by atomic mass is 19.3. The van der Waals surface area contributed by atoms with Gasteiger partial charge in [0, 0.05) is 12.8 Å². The zero-order valence-corrected chi connectivity index (χ0v) is 8.57. The largest absolute Gasteiger partial charge is 0.480 e. The van der Waals surface area contributed by atoms with Crippen molar-refractivity contribution in [2.75, 3.05) is 0 Å². The number of alkyl halides is 2. The molecule has 1 rings (SSSR count). The maximum Gasteiger partial charge on any atom is 0.326 e. The molecule has 1 unspecified atom stereocenters. The molecule has 1 heterocycles. The quantitative estimate of drug-likeness (QED) is 0.728. The number of hydrogen-bond donors (Lipinski definition) is 1. The van der Waals surface area contributed by atoms with Crippen molar-refractivity contribution < 1.29 is 28.3 Å². The Bertz CT molecular complexity index is 342. The second-order valence-corrected chi connectivity index (χ2v) is 3.54. The molecule has 1 fully saturated rings. The zero-order chi connectivity index (χ0) is 12.5. The molecular formula is C9H11F2NO4. The minimum absolute atomic E-state index is 0.0944. The van der Waals surface area contributed by atoms with Gasteiger partial charge in [0.15, 0.2) is 0 Å². The Morgan fingerprint density at radius 3 is 2.56 bits per heavy atom. The maximum atomic E-state index is 13.0. The van der Waals surface area contributed by atoms with Gasteiger partial charge >= 0.3 is 11.9 Å². The van der Waals surface area contributed by atoms with Crippen LogP contribution < -0.4 is 0 Å². The smallest absolute Gasteiger partial charge is 0.326 e. The van der Waals surface area contributed by atoms with E-state index in [-0.39, 0.29) is 11.3 Å². The zero-order valence-electron chi connectivity index (χ0n) is 8.57. The van der Waals surface area contributed by atoms with Gasteiger partial charge in [-0.2, -0.15) is 8.78 Å². The van der Waals surface area contributed by atoms with Gasteiger partial charge in [0.05, 0.1) is 0 Å². The first kappa shape index (κ1) is 12.5. The van der Waals surface area contributed by atoms with Crippen molar-refractivity contribution in [1.82, 2.24) is 4.90 Å². The second-order valence-electron chi connectivity index (χ2n) is 3.54. The van der Waals surface area contributed by atoms with E-state index < -0.39 is 42.6 Å². The number of carbonyl (C=O) groups is 3. The number of aliphatic carboxylic acids is 1. The van der Waals surface area contributed by atoms with Gasteiger partial charge in [0.2, 0.25) is 5.91 Å². The molecule has 0 aromatic carbocycles. The minimum Gasteiger partial charge on any atom is -0.480 e. The molecule has 16 heavy (non-hydrogen) atoms. The summed E-state index contributed by atoms with van der Waals surface area (Å²) in [6.45, 7) is 1.41. The molecule has 1 N–H and O–H groups in total. The Morgan fingerprint density at radius 2 is 2.12 bits per heavy atom. The van der Waals surface area contributed by atoms with Crippen LogP contribution in [0.5, 0.6) is 0 Å². The predicted octanol–water partition coefficient (Wildman–Crippen LogP) is 0.634. The minimum atomic E-state index is -3.64. The van der Waals surface area contributed by atoms with Crippen LogP contribution in [0, 0.1) is 0 Å². The van der Waals surface area contributed by atoms with Crippen LogP contribution in [0.1, 0.15) is 26.2 Å². The normalized spacial score (nSPS) is 22.1. The number of rotatable bonds is 3. The summed E-state index contributed by atoms with van der Waals surface area (Å²) in [5, 5.41) is 8.74. The highest BCUT2D eigenvalue weighted by molar-refractivity contribution is 6.04. The van der Waals surface area contributed by atoms with Crippen molar-refractivity contribution in [3.63, 3.8) is 0 Å². The van der Waals surface area contributed by atoms with Crippen molar-refractivity contribution >= 4 is 17.8 Å². The molecule has 0 spiro atoms. The van der Waals surface area contributed by atoms with Crippen LogP contribution in [0.3, 0.4) is 0 Å². The summed E-state index contributed by atoms with van der Waals surface area (Å²) < 4.78 is 26.1. The summed E-state index contributed by atoms with van der Waals surface area (Å²) in [6, 6.07) is -1.51. The molecule has 7 heteroatoms. The number of amides is 2. The molecule has 1 aliphatic rings. The van der Waals surface area contributed by atoms with Gasteiger partial charge in [-0.3, -0.25) is 14.5 Å². The van der Waals surface area contributed by atoms with E-state index in [1.54, 1.807) is 0 Å². The van der Waals surface area contributed by atoms with Gasteiger partial charge < -0.3 is 5.11 Å². The number of carbonyl (C=O) groups excluding carboxylic acids is 2. The van der Waals surface area contributed by atoms with E-state index in [4.69, 9.17) is 5.11 Å². The van der Waals surface area contributed by atoms with Crippen molar-refractivity contribution in [3.05, 3.63) is 0 Å². The fourth-order valence-corrected chi connectivity index (χ4v) is 1.56. The van der Waals surface area contributed by atoms with Crippen LogP contribution in [-0.2, 0) is 14.4 Å². The number of carboxylic acids is 1. The van der Waals surface area contributed by atoms with E-state index in [1.807, 2.05) is 0 Å². The molecule has 1 saturated heterocycles. The molecule has 1 atom stereocenters.